The Morgan fingerprint density at radius 1 is 1.00 bits per heavy atom. The molecule has 2 atom stereocenters. The smallest absolute Gasteiger partial charge is 0.320 e. The average molecular weight is 336 g/mol. The maximum atomic E-state index is 11.3. The van der Waals surface area contributed by atoms with Crippen LogP contribution in [0.15, 0.2) is 30.3 Å². The molecule has 0 spiro atoms. The summed E-state index contributed by atoms with van der Waals surface area (Å²) in [5.41, 5.74) is 7.19. The Morgan fingerprint density at radius 3 is 2.33 bits per heavy atom. The zero-order chi connectivity index (χ0) is 17.8. The zero-order valence-corrected chi connectivity index (χ0v) is 14.0. The summed E-state index contributed by atoms with van der Waals surface area (Å²) in [7, 11) is 0. The highest BCUT2D eigenvalue weighted by Crippen LogP contribution is 2.17. The highest BCUT2D eigenvalue weighted by Gasteiger charge is 2.16. The first-order valence-corrected chi connectivity index (χ1v) is 8.49. The lowest BCUT2D eigenvalue weighted by Gasteiger charge is -2.16. The molecule has 1 aromatic rings. The van der Waals surface area contributed by atoms with Gasteiger partial charge in [0, 0.05) is 12.5 Å². The molecule has 2 unspecified atom stereocenters. The van der Waals surface area contributed by atoms with Gasteiger partial charge in [0.1, 0.15) is 6.04 Å². The topological polar surface area (TPSA) is 113 Å². The van der Waals surface area contributed by atoms with Crippen LogP contribution in [0.25, 0.3) is 0 Å². The molecule has 0 radical (unpaired) electrons. The van der Waals surface area contributed by atoms with Crippen LogP contribution >= 0.6 is 0 Å². The molecule has 0 aromatic heterocycles. The van der Waals surface area contributed by atoms with Gasteiger partial charge < -0.3 is 21.3 Å². The largest absolute Gasteiger partial charge is 0.481 e. The average Bonchev–Trinajstić information content (AvgIpc) is 2.56. The second-order valence-electron chi connectivity index (χ2n) is 6.00. The van der Waals surface area contributed by atoms with E-state index >= 15 is 0 Å². The molecule has 5 N–H and O–H groups in total. The van der Waals surface area contributed by atoms with Gasteiger partial charge in [0.25, 0.3) is 0 Å². The van der Waals surface area contributed by atoms with E-state index in [0.29, 0.717) is 19.4 Å². The van der Waals surface area contributed by atoms with E-state index in [4.69, 9.17) is 10.8 Å². The van der Waals surface area contributed by atoms with E-state index in [-0.39, 0.29) is 12.5 Å². The molecule has 0 amide bonds. The van der Waals surface area contributed by atoms with Gasteiger partial charge in [0.2, 0.25) is 0 Å². The highest BCUT2D eigenvalue weighted by atomic mass is 16.4. The van der Waals surface area contributed by atoms with Crippen molar-refractivity contribution in [1.82, 2.24) is 5.32 Å². The van der Waals surface area contributed by atoms with Crippen LogP contribution in [-0.4, -0.2) is 34.7 Å². The summed E-state index contributed by atoms with van der Waals surface area (Å²) in [5, 5.41) is 20.8. The Morgan fingerprint density at radius 2 is 1.71 bits per heavy atom. The monoisotopic (exact) mass is 336 g/mol. The van der Waals surface area contributed by atoms with Crippen LogP contribution in [-0.2, 0) is 9.59 Å². The molecule has 0 aliphatic heterocycles. The zero-order valence-electron chi connectivity index (χ0n) is 14.0. The van der Waals surface area contributed by atoms with Crippen LogP contribution in [0.2, 0.25) is 0 Å². The number of carboxylic acid groups (broad SMARTS) is 2. The minimum Gasteiger partial charge on any atom is -0.481 e. The number of aliphatic carboxylic acids is 2. The van der Waals surface area contributed by atoms with Gasteiger partial charge in [-0.2, -0.15) is 0 Å². The molecule has 24 heavy (non-hydrogen) atoms. The number of nitrogens with one attached hydrogen (secondary N) is 1. The molecule has 1 rings (SSSR count). The Bertz CT molecular complexity index is 493. The molecule has 0 heterocycles. The van der Waals surface area contributed by atoms with E-state index in [9.17, 15) is 14.7 Å². The molecule has 6 heteroatoms. The Kier molecular flexibility index (Phi) is 9.72. The van der Waals surface area contributed by atoms with Gasteiger partial charge in [-0.15, -0.1) is 0 Å². The fourth-order valence-electron chi connectivity index (χ4n) is 2.58. The minimum absolute atomic E-state index is 0.0725. The minimum atomic E-state index is -0.853. The van der Waals surface area contributed by atoms with Crippen molar-refractivity contribution in [2.75, 3.05) is 6.54 Å². The van der Waals surface area contributed by atoms with Crippen LogP contribution in [0.3, 0.4) is 0 Å². The molecule has 0 saturated carbocycles. The van der Waals surface area contributed by atoms with E-state index in [1.165, 1.54) is 0 Å². The van der Waals surface area contributed by atoms with Gasteiger partial charge in [0.15, 0.2) is 0 Å². The van der Waals surface area contributed by atoms with Gasteiger partial charge in [-0.25, -0.2) is 0 Å². The molecule has 134 valence electrons. The van der Waals surface area contributed by atoms with E-state index in [0.717, 1.165) is 31.2 Å². The summed E-state index contributed by atoms with van der Waals surface area (Å²) in [4.78, 5) is 21.7. The van der Waals surface area contributed by atoms with Crippen molar-refractivity contribution < 1.29 is 19.8 Å². The molecule has 0 aliphatic rings. The fraction of sp³-hybridized carbons (Fsp3) is 0.556. The van der Waals surface area contributed by atoms with E-state index in [2.05, 4.69) is 5.32 Å². The molecular formula is C18H28N2O4. The van der Waals surface area contributed by atoms with Crippen molar-refractivity contribution in [3.8, 4) is 0 Å². The summed E-state index contributed by atoms with van der Waals surface area (Å²) in [6.07, 6.45) is 4.36. The predicted octanol–water partition coefficient (Wildman–Crippen LogP) is 2.54. The van der Waals surface area contributed by atoms with Crippen LogP contribution in [0.5, 0.6) is 0 Å². The summed E-state index contributed by atoms with van der Waals surface area (Å²) in [6.45, 7) is 0.585. The first-order valence-electron chi connectivity index (χ1n) is 8.49. The number of nitrogens with two attached hydrogens (primary N) is 1. The molecule has 1 aromatic carbocycles. The second-order valence-corrected chi connectivity index (χ2v) is 6.00. The number of carbonyl (C=O) groups is 2. The van der Waals surface area contributed by atoms with Gasteiger partial charge in [-0.1, -0.05) is 36.8 Å². The van der Waals surface area contributed by atoms with Gasteiger partial charge >= 0.3 is 11.9 Å². The normalized spacial score (nSPS) is 13.4. The lowest BCUT2D eigenvalue weighted by Crippen LogP contribution is -2.37. The molecular weight excluding hydrogens is 308 g/mol. The molecule has 6 nitrogen and oxygen atoms in total. The SMILES string of the molecule is NC(CCCC(NCCCCCC(=O)O)C(=O)O)c1ccccc1. The third-order valence-corrected chi connectivity index (χ3v) is 3.99. The number of benzene rings is 1. The van der Waals surface area contributed by atoms with Crippen LogP contribution < -0.4 is 11.1 Å². The first kappa shape index (κ1) is 20.1. The maximum Gasteiger partial charge on any atom is 0.320 e. The van der Waals surface area contributed by atoms with Crippen molar-refractivity contribution >= 4 is 11.9 Å². The van der Waals surface area contributed by atoms with Crippen molar-refractivity contribution in [3.63, 3.8) is 0 Å². The van der Waals surface area contributed by atoms with Crippen LogP contribution in [0, 0.1) is 0 Å². The number of unbranched alkanes of at least 4 members (excludes halogenated alkanes) is 2. The molecule has 0 bridgehead atoms. The Balaban J connectivity index is 2.21. The van der Waals surface area contributed by atoms with Crippen molar-refractivity contribution in [3.05, 3.63) is 35.9 Å². The van der Waals surface area contributed by atoms with E-state index < -0.39 is 18.0 Å². The van der Waals surface area contributed by atoms with E-state index in [1.54, 1.807) is 0 Å². The van der Waals surface area contributed by atoms with E-state index in [1.807, 2.05) is 30.3 Å². The lowest BCUT2D eigenvalue weighted by atomic mass is 10.00. The Labute approximate surface area is 143 Å². The summed E-state index contributed by atoms with van der Waals surface area (Å²) in [6, 6.07) is 9.15. The summed E-state index contributed by atoms with van der Waals surface area (Å²) >= 11 is 0. The summed E-state index contributed by atoms with van der Waals surface area (Å²) in [5.74, 6) is -1.64. The van der Waals surface area contributed by atoms with Gasteiger partial charge in [-0.05, 0) is 44.2 Å². The summed E-state index contributed by atoms with van der Waals surface area (Å²) < 4.78 is 0. The first-order chi connectivity index (χ1) is 11.5. The van der Waals surface area contributed by atoms with Gasteiger partial charge in [0.05, 0.1) is 0 Å². The Hall–Kier alpha value is -1.92. The second kappa shape index (κ2) is 11.6. The highest BCUT2D eigenvalue weighted by molar-refractivity contribution is 5.73. The van der Waals surface area contributed by atoms with Crippen molar-refractivity contribution in [2.45, 2.75) is 57.0 Å². The lowest BCUT2D eigenvalue weighted by molar-refractivity contribution is -0.140. The van der Waals surface area contributed by atoms with Crippen molar-refractivity contribution in [1.29, 1.82) is 0 Å². The quantitative estimate of drug-likeness (QED) is 0.412. The number of carboxylic acids is 2. The third kappa shape index (κ3) is 8.64. The van der Waals surface area contributed by atoms with Crippen LogP contribution in [0.1, 0.15) is 56.6 Å². The maximum absolute atomic E-state index is 11.3. The molecule has 0 aliphatic carbocycles. The molecule has 0 fully saturated rings. The number of hydrogen-bond acceptors (Lipinski definition) is 4. The molecule has 0 saturated heterocycles. The predicted molar refractivity (Wildman–Crippen MR) is 92.8 cm³/mol. The van der Waals surface area contributed by atoms with Gasteiger partial charge in [-0.3, -0.25) is 9.59 Å². The number of hydrogen-bond donors (Lipinski definition) is 4. The van der Waals surface area contributed by atoms with Crippen LogP contribution in [0.4, 0.5) is 0 Å². The standard InChI is InChI=1S/C18H28N2O4/c19-15(14-8-3-1-4-9-14)10-7-11-16(18(23)24)20-13-6-2-5-12-17(21)22/h1,3-4,8-9,15-16,20H,2,5-7,10-13,19H2,(H,21,22)(H,23,24). The van der Waals surface area contributed by atoms with Crippen molar-refractivity contribution in [2.24, 2.45) is 5.73 Å². The third-order valence-electron chi connectivity index (χ3n) is 3.99. The fourth-order valence-corrected chi connectivity index (χ4v) is 2.58. The number of rotatable bonds is 13.